The Bertz CT molecular complexity index is 1810. The fourth-order valence-electron chi connectivity index (χ4n) is 3.91. The molecule has 46 heavy (non-hydrogen) atoms. The van der Waals surface area contributed by atoms with E-state index in [1.807, 2.05) is 0 Å². The zero-order chi connectivity index (χ0) is 33.3. The molecule has 0 aliphatic rings. The van der Waals surface area contributed by atoms with Crippen molar-refractivity contribution in [3.63, 3.8) is 0 Å². The van der Waals surface area contributed by atoms with Crippen molar-refractivity contribution in [3.05, 3.63) is 113 Å². The molecule has 0 bridgehead atoms. The number of carbonyl (C=O) groups is 2. The molecule has 4 rings (SSSR count). The highest BCUT2D eigenvalue weighted by Gasteiger charge is 2.34. The van der Waals surface area contributed by atoms with Crippen LogP contribution in [0.2, 0.25) is 5.02 Å². The smallest absolute Gasteiger partial charge is 0.416 e. The number of anilines is 2. The first kappa shape index (κ1) is 33.8. The topological polar surface area (TPSA) is 126 Å². The molecule has 0 aromatic heterocycles. The molecule has 240 valence electrons. The van der Waals surface area contributed by atoms with E-state index in [1.54, 1.807) is 54.6 Å². The predicted molar refractivity (Wildman–Crippen MR) is 167 cm³/mol. The van der Waals surface area contributed by atoms with Crippen LogP contribution in [0.25, 0.3) is 0 Å². The summed E-state index contributed by atoms with van der Waals surface area (Å²) in [5, 5.41) is 6.19. The van der Waals surface area contributed by atoms with Gasteiger partial charge in [0.05, 0.1) is 34.5 Å². The Morgan fingerprint density at radius 2 is 1.57 bits per heavy atom. The van der Waals surface area contributed by atoms with Gasteiger partial charge < -0.3 is 14.8 Å². The fourth-order valence-corrected chi connectivity index (χ4v) is 5.64. The van der Waals surface area contributed by atoms with E-state index in [-0.39, 0.29) is 22.4 Å². The summed E-state index contributed by atoms with van der Waals surface area (Å²) in [5.41, 5.74) is 1.56. The number of carbonyl (C=O) groups excluding carboxylic acids is 2. The SMILES string of the molecule is COc1ccc(NC(=O)COc2ccc(/C=N/NC(=O)CN(c3cc(C(F)(F)F)ccc3Cl)S(=O)(=O)c3ccccc3)cc2)cc1. The highest BCUT2D eigenvalue weighted by atomic mass is 35.5. The largest absolute Gasteiger partial charge is 0.497 e. The molecule has 4 aromatic carbocycles. The highest BCUT2D eigenvalue weighted by molar-refractivity contribution is 7.92. The summed E-state index contributed by atoms with van der Waals surface area (Å²) in [6.45, 7) is -1.19. The molecule has 0 spiro atoms. The minimum absolute atomic E-state index is 0.256. The molecule has 0 atom stereocenters. The predicted octanol–water partition coefficient (Wildman–Crippen LogP) is 5.73. The lowest BCUT2D eigenvalue weighted by molar-refractivity contribution is -0.137. The maximum atomic E-state index is 13.4. The van der Waals surface area contributed by atoms with Gasteiger partial charge in [-0.2, -0.15) is 18.3 Å². The second-order valence-electron chi connectivity index (χ2n) is 9.42. The minimum atomic E-state index is -4.79. The van der Waals surface area contributed by atoms with Crippen molar-refractivity contribution in [1.29, 1.82) is 0 Å². The van der Waals surface area contributed by atoms with Gasteiger partial charge in [0, 0.05) is 5.69 Å². The Kier molecular flexibility index (Phi) is 10.9. The van der Waals surface area contributed by atoms with Crippen molar-refractivity contribution in [2.45, 2.75) is 11.1 Å². The number of alkyl halides is 3. The summed E-state index contributed by atoms with van der Waals surface area (Å²) in [4.78, 5) is 24.7. The van der Waals surface area contributed by atoms with E-state index in [9.17, 15) is 31.2 Å². The van der Waals surface area contributed by atoms with Gasteiger partial charge in [0.15, 0.2) is 6.61 Å². The van der Waals surface area contributed by atoms with E-state index in [0.29, 0.717) is 39.2 Å². The molecule has 2 N–H and O–H groups in total. The molecule has 10 nitrogen and oxygen atoms in total. The summed E-state index contributed by atoms with van der Waals surface area (Å²) < 4.78 is 78.3. The van der Waals surface area contributed by atoms with Crippen LogP contribution in [0, 0.1) is 0 Å². The molecular weight excluding hydrogens is 649 g/mol. The van der Waals surface area contributed by atoms with Gasteiger partial charge in [0.1, 0.15) is 18.0 Å². The zero-order valence-electron chi connectivity index (χ0n) is 24.0. The average molecular weight is 675 g/mol. The van der Waals surface area contributed by atoms with Crippen LogP contribution in [0.15, 0.2) is 107 Å². The number of rotatable bonds is 12. The van der Waals surface area contributed by atoms with Gasteiger partial charge in [-0.15, -0.1) is 0 Å². The number of methoxy groups -OCH3 is 1. The molecule has 0 radical (unpaired) electrons. The Labute approximate surface area is 267 Å². The zero-order valence-corrected chi connectivity index (χ0v) is 25.6. The molecule has 0 heterocycles. The molecular formula is C31H26ClF3N4O6S. The maximum absolute atomic E-state index is 13.4. The molecule has 0 saturated heterocycles. The van der Waals surface area contributed by atoms with Crippen molar-refractivity contribution in [1.82, 2.24) is 5.43 Å². The van der Waals surface area contributed by atoms with Gasteiger partial charge in [0.2, 0.25) is 0 Å². The normalized spacial score (nSPS) is 11.6. The number of sulfonamides is 1. The Morgan fingerprint density at radius 3 is 2.20 bits per heavy atom. The van der Waals surface area contributed by atoms with E-state index in [4.69, 9.17) is 21.1 Å². The molecule has 2 amide bonds. The second kappa shape index (κ2) is 14.8. The van der Waals surface area contributed by atoms with Gasteiger partial charge in [-0.05, 0) is 84.4 Å². The van der Waals surface area contributed by atoms with Gasteiger partial charge in [-0.1, -0.05) is 29.8 Å². The van der Waals surface area contributed by atoms with Crippen molar-refractivity contribution in [2.24, 2.45) is 5.10 Å². The lowest BCUT2D eigenvalue weighted by Crippen LogP contribution is -2.40. The first-order chi connectivity index (χ1) is 21.9. The Balaban J connectivity index is 1.40. The van der Waals surface area contributed by atoms with E-state index in [1.165, 1.54) is 37.6 Å². The fraction of sp³-hybridized carbons (Fsp3) is 0.129. The number of benzene rings is 4. The number of nitrogens with zero attached hydrogens (tertiary/aromatic N) is 2. The van der Waals surface area contributed by atoms with Crippen LogP contribution in [0.1, 0.15) is 11.1 Å². The first-order valence-electron chi connectivity index (χ1n) is 13.3. The molecule has 0 fully saturated rings. The third-order valence-electron chi connectivity index (χ3n) is 6.19. The Hall–Kier alpha value is -5.08. The van der Waals surface area contributed by atoms with Crippen LogP contribution in [0.5, 0.6) is 11.5 Å². The molecule has 0 saturated carbocycles. The summed E-state index contributed by atoms with van der Waals surface area (Å²) in [7, 11) is -2.99. The molecule has 15 heteroatoms. The van der Waals surface area contributed by atoms with Gasteiger partial charge in [-0.25, -0.2) is 13.8 Å². The minimum Gasteiger partial charge on any atom is -0.497 e. The van der Waals surface area contributed by atoms with Gasteiger partial charge >= 0.3 is 6.18 Å². The number of hydrogen-bond donors (Lipinski definition) is 2. The molecule has 0 aliphatic heterocycles. The van der Waals surface area contributed by atoms with Gasteiger partial charge in [-0.3, -0.25) is 13.9 Å². The van der Waals surface area contributed by atoms with Crippen LogP contribution in [0.4, 0.5) is 24.5 Å². The maximum Gasteiger partial charge on any atom is 0.416 e. The molecule has 0 unspecified atom stereocenters. The van der Waals surface area contributed by atoms with Crippen molar-refractivity contribution in [3.8, 4) is 11.5 Å². The second-order valence-corrected chi connectivity index (χ2v) is 11.7. The van der Waals surface area contributed by atoms with Crippen LogP contribution < -0.4 is 24.5 Å². The average Bonchev–Trinajstić information content (AvgIpc) is 3.04. The molecule has 0 aliphatic carbocycles. The number of hydrazone groups is 1. The lowest BCUT2D eigenvalue weighted by atomic mass is 10.2. The molecule has 4 aromatic rings. The Morgan fingerprint density at radius 1 is 0.913 bits per heavy atom. The number of hydrogen-bond acceptors (Lipinski definition) is 7. The number of halogens is 4. The third kappa shape index (κ3) is 8.99. The van der Waals surface area contributed by atoms with Crippen LogP contribution >= 0.6 is 11.6 Å². The van der Waals surface area contributed by atoms with Crippen molar-refractivity contribution < 1.29 is 40.7 Å². The number of amides is 2. The summed E-state index contributed by atoms with van der Waals surface area (Å²) in [5.74, 6) is -0.304. The monoisotopic (exact) mass is 674 g/mol. The van der Waals surface area contributed by atoms with E-state index < -0.39 is 39.9 Å². The van der Waals surface area contributed by atoms with Crippen molar-refractivity contribution in [2.75, 3.05) is 29.9 Å². The lowest BCUT2D eigenvalue weighted by Gasteiger charge is -2.25. The van der Waals surface area contributed by atoms with E-state index in [0.717, 1.165) is 6.07 Å². The quantitative estimate of drug-likeness (QED) is 0.146. The summed E-state index contributed by atoms with van der Waals surface area (Å²) in [6, 6.07) is 22.1. The van der Waals surface area contributed by atoms with Crippen molar-refractivity contribution >= 4 is 51.0 Å². The summed E-state index contributed by atoms with van der Waals surface area (Å²) >= 11 is 6.13. The van der Waals surface area contributed by atoms with Crippen LogP contribution in [-0.2, 0) is 25.8 Å². The first-order valence-corrected chi connectivity index (χ1v) is 15.1. The van der Waals surface area contributed by atoms with Gasteiger partial charge in [0.25, 0.3) is 21.8 Å². The van der Waals surface area contributed by atoms with Crippen LogP contribution in [0.3, 0.4) is 0 Å². The number of ether oxygens (including phenoxy) is 2. The van der Waals surface area contributed by atoms with E-state index >= 15 is 0 Å². The number of nitrogens with one attached hydrogen (secondary N) is 2. The third-order valence-corrected chi connectivity index (χ3v) is 8.28. The highest BCUT2D eigenvalue weighted by Crippen LogP contribution is 2.37. The van der Waals surface area contributed by atoms with E-state index in [2.05, 4.69) is 15.8 Å². The standard InChI is InChI=1S/C31H26ClF3N4O6S/c1-44-24-14-10-23(11-15-24)37-30(41)20-45-25-12-7-21(8-13-25)18-36-38-29(40)19-39(46(42,43)26-5-3-2-4-6-26)28-17-22(31(33,34)35)9-16-27(28)32/h2-18H,19-20H2,1H3,(H,37,41)(H,38,40)/b36-18+. The van der Waals surface area contributed by atoms with Crippen LogP contribution in [-0.4, -0.2) is 46.7 Å². The summed E-state index contributed by atoms with van der Waals surface area (Å²) in [6.07, 6.45) is -3.54.